The molecule has 0 saturated carbocycles. The monoisotopic (exact) mass is 401 g/mol. The van der Waals surface area contributed by atoms with Gasteiger partial charge in [-0.05, 0) is 48.4 Å². The molecular weight excluding hydrogens is 382 g/mol. The summed E-state index contributed by atoms with van der Waals surface area (Å²) in [5.41, 5.74) is 0.126. The Balaban J connectivity index is 2.08. The highest BCUT2D eigenvalue weighted by Crippen LogP contribution is 2.26. The van der Waals surface area contributed by atoms with Crippen molar-refractivity contribution in [3.63, 3.8) is 0 Å². The predicted molar refractivity (Wildman–Crippen MR) is 111 cm³/mol. The molecule has 0 bridgehead atoms. The van der Waals surface area contributed by atoms with Crippen LogP contribution in [-0.2, 0) is 6.54 Å². The third-order valence-electron chi connectivity index (χ3n) is 4.57. The van der Waals surface area contributed by atoms with Crippen molar-refractivity contribution >= 4 is 5.78 Å². The van der Waals surface area contributed by atoms with Crippen molar-refractivity contribution in [2.24, 2.45) is 0 Å². The number of carbonyl (C=O) groups excluding carboxylic acids is 1. The molecule has 30 heavy (non-hydrogen) atoms. The molecule has 0 fully saturated rings. The number of ketones is 1. The number of benzene rings is 1. The molecule has 2 heterocycles. The molecule has 0 saturated heterocycles. The van der Waals surface area contributed by atoms with Crippen molar-refractivity contribution in [3.8, 4) is 17.7 Å². The van der Waals surface area contributed by atoms with Crippen molar-refractivity contribution in [1.82, 2.24) is 9.55 Å². The second kappa shape index (κ2) is 8.88. The molecule has 0 aliphatic carbocycles. The first-order chi connectivity index (χ1) is 14.5. The Bertz CT molecular complexity index is 1190. The summed E-state index contributed by atoms with van der Waals surface area (Å²) in [6.45, 7) is 5.36. The van der Waals surface area contributed by atoms with Gasteiger partial charge in [-0.1, -0.05) is 18.7 Å². The normalized spacial score (nSPS) is 10.3. The minimum atomic E-state index is -0.666. The van der Waals surface area contributed by atoms with E-state index in [0.29, 0.717) is 17.9 Å². The van der Waals surface area contributed by atoms with Crippen LogP contribution in [0.1, 0.15) is 32.6 Å². The Morgan fingerprint density at radius 2 is 2.07 bits per heavy atom. The summed E-state index contributed by atoms with van der Waals surface area (Å²) in [4.78, 5) is 29.9. The number of hydrogen-bond acceptors (Lipinski definition) is 6. The summed E-state index contributed by atoms with van der Waals surface area (Å²) in [7, 11) is 0. The van der Waals surface area contributed by atoms with Gasteiger partial charge in [0.1, 0.15) is 24.0 Å². The van der Waals surface area contributed by atoms with Gasteiger partial charge in [0.15, 0.2) is 5.78 Å². The summed E-state index contributed by atoms with van der Waals surface area (Å²) in [6, 6.07) is 11.6. The Labute approximate surface area is 173 Å². The topological polar surface area (TPSA) is 105 Å². The Morgan fingerprint density at radius 3 is 2.67 bits per heavy atom. The van der Waals surface area contributed by atoms with E-state index < -0.39 is 17.2 Å². The van der Waals surface area contributed by atoms with Crippen LogP contribution < -0.4 is 10.3 Å². The second-order valence-corrected chi connectivity index (χ2v) is 6.52. The van der Waals surface area contributed by atoms with Gasteiger partial charge in [-0.2, -0.15) is 5.26 Å². The fourth-order valence-corrected chi connectivity index (χ4v) is 3.05. The maximum Gasteiger partial charge on any atom is 0.271 e. The molecule has 0 atom stereocenters. The number of ether oxygens (including phenoxy) is 1. The zero-order valence-electron chi connectivity index (χ0n) is 16.3. The van der Waals surface area contributed by atoms with E-state index in [-0.39, 0.29) is 28.8 Å². The molecule has 150 valence electrons. The van der Waals surface area contributed by atoms with Gasteiger partial charge in [0.05, 0.1) is 12.1 Å². The van der Waals surface area contributed by atoms with E-state index in [1.54, 1.807) is 54.9 Å². The number of nitrogens with zero attached hydrogens (tertiary/aromatic N) is 3. The number of hydrogen-bond donors (Lipinski definition) is 1. The maximum atomic E-state index is 13.1. The van der Waals surface area contributed by atoms with Gasteiger partial charge < -0.3 is 9.84 Å². The fourth-order valence-electron chi connectivity index (χ4n) is 3.05. The first-order valence-electron chi connectivity index (χ1n) is 9.11. The van der Waals surface area contributed by atoms with Gasteiger partial charge in [-0.3, -0.25) is 19.1 Å². The lowest BCUT2D eigenvalue weighted by Gasteiger charge is -2.15. The molecule has 7 heteroatoms. The number of aromatic hydroxyl groups is 1. The molecule has 7 nitrogen and oxygen atoms in total. The molecule has 0 aliphatic rings. The van der Waals surface area contributed by atoms with Crippen molar-refractivity contribution < 1.29 is 14.6 Å². The summed E-state index contributed by atoms with van der Waals surface area (Å²) >= 11 is 0. The number of pyridine rings is 2. The lowest BCUT2D eigenvalue weighted by Crippen LogP contribution is -2.27. The minimum Gasteiger partial charge on any atom is -0.494 e. The lowest BCUT2D eigenvalue weighted by molar-refractivity contribution is 0.103. The molecule has 0 spiro atoms. The Hall–Kier alpha value is -4.18. The smallest absolute Gasteiger partial charge is 0.271 e. The fraction of sp³-hybridized carbons (Fsp3) is 0.130. The van der Waals surface area contributed by atoms with Crippen molar-refractivity contribution in [2.45, 2.75) is 13.5 Å². The first-order valence-corrected chi connectivity index (χ1v) is 9.11. The summed E-state index contributed by atoms with van der Waals surface area (Å²) in [5, 5.41) is 20.3. The second-order valence-electron chi connectivity index (χ2n) is 6.52. The summed E-state index contributed by atoms with van der Waals surface area (Å²) < 4.78 is 6.42. The minimum absolute atomic E-state index is 0.0257. The van der Waals surface area contributed by atoms with Gasteiger partial charge in [-0.25, -0.2) is 0 Å². The first kappa shape index (κ1) is 20.6. The van der Waals surface area contributed by atoms with Crippen molar-refractivity contribution in [3.05, 3.63) is 99.6 Å². The summed E-state index contributed by atoms with van der Waals surface area (Å²) in [5.74, 6) is -0.430. The third kappa shape index (κ3) is 3.98. The zero-order valence-corrected chi connectivity index (χ0v) is 16.3. The van der Waals surface area contributed by atoms with Crippen molar-refractivity contribution in [2.75, 3.05) is 6.61 Å². The van der Waals surface area contributed by atoms with E-state index in [2.05, 4.69) is 11.6 Å². The highest BCUT2D eigenvalue weighted by molar-refractivity contribution is 6.11. The maximum absolute atomic E-state index is 13.1. The SMILES string of the molecule is C=CCOc1ccc(C(=O)c2c(C)c(C#N)c(=O)n(Cc3cccnc3)c2O)cc1. The van der Waals surface area contributed by atoms with Gasteiger partial charge in [0.25, 0.3) is 5.56 Å². The highest BCUT2D eigenvalue weighted by atomic mass is 16.5. The number of carbonyl (C=O) groups is 1. The number of rotatable bonds is 7. The molecule has 0 amide bonds. The molecule has 1 aromatic carbocycles. The van der Waals surface area contributed by atoms with Gasteiger partial charge in [-0.15, -0.1) is 0 Å². The lowest BCUT2D eigenvalue weighted by atomic mass is 9.97. The highest BCUT2D eigenvalue weighted by Gasteiger charge is 2.25. The molecule has 0 radical (unpaired) electrons. The van der Waals surface area contributed by atoms with E-state index >= 15 is 0 Å². The predicted octanol–water partition coefficient (Wildman–Crippen LogP) is 2.97. The Morgan fingerprint density at radius 1 is 1.33 bits per heavy atom. The Kier molecular flexibility index (Phi) is 6.08. The average Bonchev–Trinajstić information content (AvgIpc) is 2.76. The number of nitriles is 1. The van der Waals surface area contributed by atoms with Crippen LogP contribution in [0.25, 0.3) is 0 Å². The van der Waals surface area contributed by atoms with Gasteiger partial charge in [0, 0.05) is 18.0 Å². The van der Waals surface area contributed by atoms with E-state index in [9.17, 15) is 20.0 Å². The standard InChI is InChI=1S/C23H19N3O4/c1-3-11-30-18-8-6-17(7-9-18)21(27)20-15(2)19(12-24)22(28)26(23(20)29)14-16-5-4-10-25-13-16/h3-10,13,29H,1,11,14H2,2H3. The third-order valence-corrected chi connectivity index (χ3v) is 4.57. The quantitative estimate of drug-likeness (QED) is 0.482. The molecule has 3 aromatic rings. The summed E-state index contributed by atoms with van der Waals surface area (Å²) in [6.07, 6.45) is 4.73. The van der Waals surface area contributed by atoms with Crippen LogP contribution in [0.5, 0.6) is 11.6 Å². The molecule has 0 unspecified atom stereocenters. The average molecular weight is 401 g/mol. The van der Waals surface area contributed by atoms with E-state index in [4.69, 9.17) is 4.74 Å². The number of aromatic nitrogens is 2. The van der Waals surface area contributed by atoms with Crippen LogP contribution in [0, 0.1) is 18.3 Å². The van der Waals surface area contributed by atoms with Gasteiger partial charge in [0.2, 0.25) is 5.88 Å². The van der Waals surface area contributed by atoms with E-state index in [1.807, 2.05) is 6.07 Å². The largest absolute Gasteiger partial charge is 0.494 e. The van der Waals surface area contributed by atoms with Crippen LogP contribution in [-0.4, -0.2) is 27.0 Å². The molecule has 2 aromatic heterocycles. The van der Waals surface area contributed by atoms with Gasteiger partial charge >= 0.3 is 0 Å². The van der Waals surface area contributed by atoms with Crippen LogP contribution in [0.4, 0.5) is 0 Å². The molecule has 0 aliphatic heterocycles. The van der Waals surface area contributed by atoms with Crippen LogP contribution in [0.3, 0.4) is 0 Å². The van der Waals surface area contributed by atoms with E-state index in [0.717, 1.165) is 4.57 Å². The molecular formula is C23H19N3O4. The van der Waals surface area contributed by atoms with E-state index in [1.165, 1.54) is 6.92 Å². The molecule has 3 rings (SSSR count). The van der Waals surface area contributed by atoms with Crippen LogP contribution in [0.2, 0.25) is 0 Å². The van der Waals surface area contributed by atoms with Crippen LogP contribution in [0.15, 0.2) is 66.2 Å². The van der Waals surface area contributed by atoms with Crippen molar-refractivity contribution in [1.29, 1.82) is 5.26 Å². The molecule has 1 N–H and O–H groups in total. The zero-order chi connectivity index (χ0) is 21.7. The van der Waals surface area contributed by atoms with Crippen LogP contribution >= 0.6 is 0 Å².